The third kappa shape index (κ3) is 3.33. The van der Waals surface area contributed by atoms with Crippen LogP contribution in [-0.2, 0) is 0 Å². The fourth-order valence-corrected chi connectivity index (χ4v) is 7.12. The standard InChI is InChI=1S/C14H31NOSi/c1-11(2)17(6,12(3)4)10-14(5,16)13-8-7-9-15-13/h11-13,15-16H,7-10H2,1-6H3/t13-,14-/m0/s1. The van der Waals surface area contributed by atoms with E-state index in [1.165, 1.54) is 6.42 Å². The van der Waals surface area contributed by atoms with E-state index >= 15 is 0 Å². The second-order valence-electron chi connectivity index (χ2n) is 7.00. The lowest BCUT2D eigenvalue weighted by Crippen LogP contribution is -2.53. The van der Waals surface area contributed by atoms with Gasteiger partial charge in [0.2, 0.25) is 0 Å². The van der Waals surface area contributed by atoms with E-state index in [4.69, 9.17) is 0 Å². The van der Waals surface area contributed by atoms with Crippen molar-refractivity contribution in [1.82, 2.24) is 5.32 Å². The maximum absolute atomic E-state index is 10.8. The van der Waals surface area contributed by atoms with Crippen LogP contribution in [0.15, 0.2) is 0 Å². The van der Waals surface area contributed by atoms with Gasteiger partial charge in [-0.2, -0.15) is 0 Å². The SMILES string of the molecule is CC(C)[Si](C)(C[C@](C)(O)[C@@H]1CCCN1)C(C)C. The number of hydrogen-bond donors (Lipinski definition) is 2. The molecule has 17 heavy (non-hydrogen) atoms. The summed E-state index contributed by atoms with van der Waals surface area (Å²) in [6.45, 7) is 14.9. The molecule has 3 heteroatoms. The minimum Gasteiger partial charge on any atom is -0.389 e. The van der Waals surface area contributed by atoms with Gasteiger partial charge in [0.1, 0.15) is 0 Å². The van der Waals surface area contributed by atoms with Crippen LogP contribution in [0.25, 0.3) is 0 Å². The fraction of sp³-hybridized carbons (Fsp3) is 1.00. The summed E-state index contributed by atoms with van der Waals surface area (Å²) in [5, 5.41) is 14.3. The summed E-state index contributed by atoms with van der Waals surface area (Å²) in [5.41, 5.74) is 0.942. The molecule has 0 aromatic heterocycles. The highest BCUT2D eigenvalue weighted by Crippen LogP contribution is 2.41. The van der Waals surface area contributed by atoms with Crippen molar-refractivity contribution in [2.45, 2.75) is 82.8 Å². The van der Waals surface area contributed by atoms with E-state index in [0.29, 0.717) is 6.04 Å². The molecule has 0 spiro atoms. The molecule has 2 nitrogen and oxygen atoms in total. The highest BCUT2D eigenvalue weighted by Gasteiger charge is 2.44. The number of aliphatic hydroxyl groups is 1. The Bertz CT molecular complexity index is 237. The van der Waals surface area contributed by atoms with Crippen LogP contribution in [-0.4, -0.2) is 31.4 Å². The summed E-state index contributed by atoms with van der Waals surface area (Å²) in [4.78, 5) is 0. The predicted octanol–water partition coefficient (Wildman–Crippen LogP) is 3.39. The molecule has 2 atom stereocenters. The van der Waals surface area contributed by atoms with Gasteiger partial charge in [-0.25, -0.2) is 0 Å². The molecular weight excluding hydrogens is 226 g/mol. The van der Waals surface area contributed by atoms with E-state index < -0.39 is 13.7 Å². The first kappa shape index (κ1) is 15.2. The topological polar surface area (TPSA) is 32.3 Å². The normalized spacial score (nSPS) is 25.6. The summed E-state index contributed by atoms with van der Waals surface area (Å²) in [6, 6.07) is 1.33. The second-order valence-corrected chi connectivity index (χ2v) is 12.7. The number of hydrogen-bond acceptors (Lipinski definition) is 2. The smallest absolute Gasteiger partial charge is 0.0749 e. The van der Waals surface area contributed by atoms with Crippen molar-refractivity contribution in [3.63, 3.8) is 0 Å². The molecule has 1 rings (SSSR count). The Morgan fingerprint density at radius 3 is 2.18 bits per heavy atom. The van der Waals surface area contributed by atoms with Gasteiger partial charge in [0.15, 0.2) is 0 Å². The monoisotopic (exact) mass is 257 g/mol. The minimum atomic E-state index is -1.40. The van der Waals surface area contributed by atoms with E-state index in [2.05, 4.69) is 39.6 Å². The molecule has 1 heterocycles. The highest BCUT2D eigenvalue weighted by molar-refractivity contribution is 6.81. The predicted molar refractivity (Wildman–Crippen MR) is 78.3 cm³/mol. The first-order valence-electron chi connectivity index (χ1n) is 7.16. The van der Waals surface area contributed by atoms with Gasteiger partial charge in [-0.15, -0.1) is 0 Å². The first-order valence-corrected chi connectivity index (χ1v) is 10.0. The van der Waals surface area contributed by atoms with Gasteiger partial charge in [-0.1, -0.05) is 45.3 Å². The Kier molecular flexibility index (Phi) is 4.84. The Balaban J connectivity index is 2.78. The first-order chi connectivity index (χ1) is 7.70. The Morgan fingerprint density at radius 1 is 1.29 bits per heavy atom. The molecular formula is C14H31NOSi. The second kappa shape index (κ2) is 5.41. The molecule has 1 fully saturated rings. The molecule has 1 aliphatic heterocycles. The number of rotatable bonds is 5. The molecule has 102 valence electrons. The van der Waals surface area contributed by atoms with Crippen molar-refractivity contribution in [3.05, 3.63) is 0 Å². The third-order valence-corrected chi connectivity index (χ3v) is 11.9. The molecule has 0 radical (unpaired) electrons. The molecule has 0 amide bonds. The van der Waals surface area contributed by atoms with Crippen LogP contribution in [0.1, 0.15) is 47.5 Å². The van der Waals surface area contributed by atoms with Crippen LogP contribution in [0.4, 0.5) is 0 Å². The van der Waals surface area contributed by atoms with Crippen molar-refractivity contribution in [1.29, 1.82) is 0 Å². The summed E-state index contributed by atoms with van der Waals surface area (Å²) in [7, 11) is -1.40. The van der Waals surface area contributed by atoms with E-state index in [1.807, 2.05) is 6.92 Å². The summed E-state index contributed by atoms with van der Waals surface area (Å²) in [5.74, 6) is 0. The van der Waals surface area contributed by atoms with E-state index in [-0.39, 0.29) is 0 Å². The quantitative estimate of drug-likeness (QED) is 0.740. The van der Waals surface area contributed by atoms with Crippen LogP contribution in [0, 0.1) is 0 Å². The average Bonchev–Trinajstić information content (AvgIpc) is 2.69. The lowest BCUT2D eigenvalue weighted by atomic mass is 9.97. The molecule has 0 bridgehead atoms. The van der Waals surface area contributed by atoms with Crippen molar-refractivity contribution in [2.75, 3.05) is 6.54 Å². The van der Waals surface area contributed by atoms with Gasteiger partial charge in [0, 0.05) is 6.04 Å². The van der Waals surface area contributed by atoms with Gasteiger partial charge in [0.25, 0.3) is 0 Å². The van der Waals surface area contributed by atoms with Gasteiger partial charge < -0.3 is 10.4 Å². The molecule has 0 unspecified atom stereocenters. The van der Waals surface area contributed by atoms with Gasteiger partial charge in [-0.3, -0.25) is 0 Å². The van der Waals surface area contributed by atoms with Crippen LogP contribution < -0.4 is 5.32 Å². The van der Waals surface area contributed by atoms with Crippen molar-refractivity contribution < 1.29 is 5.11 Å². The Morgan fingerprint density at radius 2 is 1.82 bits per heavy atom. The zero-order chi connectivity index (χ0) is 13.3. The average molecular weight is 257 g/mol. The molecule has 0 aliphatic carbocycles. The number of nitrogens with one attached hydrogen (secondary N) is 1. The van der Waals surface area contributed by atoms with Crippen molar-refractivity contribution in [2.24, 2.45) is 0 Å². The minimum absolute atomic E-state index is 0.312. The van der Waals surface area contributed by atoms with Crippen molar-refractivity contribution >= 4 is 8.07 Å². The summed E-state index contributed by atoms with van der Waals surface area (Å²) in [6.07, 6.45) is 2.34. The Hall–Kier alpha value is 0.137. The molecule has 1 saturated heterocycles. The third-order valence-electron chi connectivity index (χ3n) is 5.19. The van der Waals surface area contributed by atoms with Crippen LogP contribution in [0.5, 0.6) is 0 Å². The van der Waals surface area contributed by atoms with Gasteiger partial charge >= 0.3 is 0 Å². The molecule has 0 saturated carbocycles. The van der Waals surface area contributed by atoms with E-state index in [1.54, 1.807) is 0 Å². The van der Waals surface area contributed by atoms with Crippen LogP contribution in [0.3, 0.4) is 0 Å². The molecule has 2 N–H and O–H groups in total. The zero-order valence-electron chi connectivity index (χ0n) is 12.5. The highest BCUT2D eigenvalue weighted by atomic mass is 28.3. The lowest BCUT2D eigenvalue weighted by molar-refractivity contribution is 0.0427. The van der Waals surface area contributed by atoms with Crippen molar-refractivity contribution in [3.8, 4) is 0 Å². The maximum Gasteiger partial charge on any atom is 0.0749 e. The fourth-order valence-electron chi connectivity index (χ4n) is 3.18. The summed E-state index contributed by atoms with van der Waals surface area (Å²) < 4.78 is 0. The maximum atomic E-state index is 10.8. The van der Waals surface area contributed by atoms with E-state index in [9.17, 15) is 5.11 Å². The van der Waals surface area contributed by atoms with Gasteiger partial charge in [-0.05, 0) is 32.4 Å². The van der Waals surface area contributed by atoms with E-state index in [0.717, 1.165) is 30.1 Å². The largest absolute Gasteiger partial charge is 0.389 e. The molecule has 0 aromatic rings. The lowest BCUT2D eigenvalue weighted by Gasteiger charge is -2.43. The Labute approximate surface area is 108 Å². The summed E-state index contributed by atoms with van der Waals surface area (Å²) >= 11 is 0. The van der Waals surface area contributed by atoms with Crippen LogP contribution in [0.2, 0.25) is 23.7 Å². The molecule has 0 aromatic carbocycles. The zero-order valence-corrected chi connectivity index (χ0v) is 13.5. The van der Waals surface area contributed by atoms with Crippen LogP contribution >= 0.6 is 0 Å². The van der Waals surface area contributed by atoms with Gasteiger partial charge in [0.05, 0.1) is 13.7 Å². The molecule has 1 aliphatic rings.